The van der Waals surface area contributed by atoms with Crippen LogP contribution in [0.3, 0.4) is 0 Å². The third-order valence-corrected chi connectivity index (χ3v) is 3.34. The van der Waals surface area contributed by atoms with E-state index < -0.39 is 0 Å². The standard InChI is InChI=1S/C16H23NO3/c1-13(14-8-5-4-6-9-14)12-17(2)15(18)10-7-11-16(19)20-3/h4-6,8-9,13H,7,10-12H2,1-3H3. The van der Waals surface area contributed by atoms with E-state index in [0.29, 0.717) is 31.7 Å². The number of likely N-dealkylation sites (N-methyl/N-ethyl adjacent to an activating group) is 1. The summed E-state index contributed by atoms with van der Waals surface area (Å²) in [6.07, 6.45) is 1.22. The third-order valence-electron chi connectivity index (χ3n) is 3.34. The number of hydrogen-bond donors (Lipinski definition) is 0. The molecule has 110 valence electrons. The molecule has 0 heterocycles. The number of carbonyl (C=O) groups is 2. The van der Waals surface area contributed by atoms with E-state index in [9.17, 15) is 9.59 Å². The lowest BCUT2D eigenvalue weighted by atomic mass is 10.0. The lowest BCUT2D eigenvalue weighted by Gasteiger charge is -2.22. The molecule has 1 rings (SSSR count). The molecule has 0 aliphatic heterocycles. The number of benzene rings is 1. The molecule has 1 amide bonds. The Hall–Kier alpha value is -1.84. The van der Waals surface area contributed by atoms with E-state index in [0.717, 1.165) is 0 Å². The van der Waals surface area contributed by atoms with E-state index >= 15 is 0 Å². The average molecular weight is 277 g/mol. The van der Waals surface area contributed by atoms with Crippen LogP contribution in [0.4, 0.5) is 0 Å². The first-order chi connectivity index (χ1) is 9.54. The average Bonchev–Trinajstić information content (AvgIpc) is 2.47. The minimum atomic E-state index is -0.266. The highest BCUT2D eigenvalue weighted by Gasteiger charge is 2.14. The van der Waals surface area contributed by atoms with Crippen LogP contribution in [0.2, 0.25) is 0 Å². The van der Waals surface area contributed by atoms with Gasteiger partial charge in [0.15, 0.2) is 0 Å². The zero-order valence-corrected chi connectivity index (χ0v) is 12.5. The summed E-state index contributed by atoms with van der Waals surface area (Å²) in [6, 6.07) is 10.1. The van der Waals surface area contributed by atoms with Crippen LogP contribution in [0.15, 0.2) is 30.3 Å². The molecule has 0 spiro atoms. The van der Waals surface area contributed by atoms with Crippen molar-refractivity contribution in [1.82, 2.24) is 4.90 Å². The molecule has 0 saturated heterocycles. The van der Waals surface area contributed by atoms with E-state index in [2.05, 4.69) is 23.8 Å². The van der Waals surface area contributed by atoms with Crippen LogP contribution >= 0.6 is 0 Å². The highest BCUT2D eigenvalue weighted by atomic mass is 16.5. The van der Waals surface area contributed by atoms with Crippen molar-refractivity contribution in [3.8, 4) is 0 Å². The number of esters is 1. The first-order valence-corrected chi connectivity index (χ1v) is 6.90. The van der Waals surface area contributed by atoms with Gasteiger partial charge in [-0.15, -0.1) is 0 Å². The zero-order chi connectivity index (χ0) is 15.0. The first kappa shape index (κ1) is 16.2. The Morgan fingerprint density at radius 1 is 1.20 bits per heavy atom. The summed E-state index contributed by atoms with van der Waals surface area (Å²) in [7, 11) is 3.16. The van der Waals surface area contributed by atoms with Gasteiger partial charge in [0.05, 0.1) is 7.11 Å². The molecule has 4 nitrogen and oxygen atoms in total. The Bertz CT molecular complexity index is 431. The van der Waals surface area contributed by atoms with Gasteiger partial charge in [-0.3, -0.25) is 9.59 Å². The zero-order valence-electron chi connectivity index (χ0n) is 12.5. The van der Waals surface area contributed by atoms with Gasteiger partial charge in [-0.05, 0) is 17.9 Å². The van der Waals surface area contributed by atoms with E-state index in [-0.39, 0.29) is 11.9 Å². The molecule has 0 saturated carbocycles. The van der Waals surface area contributed by atoms with Crippen molar-refractivity contribution in [2.75, 3.05) is 20.7 Å². The second-order valence-corrected chi connectivity index (χ2v) is 5.02. The Morgan fingerprint density at radius 2 is 1.85 bits per heavy atom. The Balaban J connectivity index is 2.36. The van der Waals surface area contributed by atoms with Crippen molar-refractivity contribution in [3.63, 3.8) is 0 Å². The minimum absolute atomic E-state index is 0.0664. The topological polar surface area (TPSA) is 46.6 Å². The van der Waals surface area contributed by atoms with Crippen molar-refractivity contribution in [3.05, 3.63) is 35.9 Å². The van der Waals surface area contributed by atoms with Crippen LogP contribution in [0.5, 0.6) is 0 Å². The van der Waals surface area contributed by atoms with Gasteiger partial charge < -0.3 is 9.64 Å². The number of methoxy groups -OCH3 is 1. The second-order valence-electron chi connectivity index (χ2n) is 5.02. The quantitative estimate of drug-likeness (QED) is 0.720. The lowest BCUT2D eigenvalue weighted by Crippen LogP contribution is -2.30. The molecule has 0 bridgehead atoms. The summed E-state index contributed by atoms with van der Waals surface area (Å²) < 4.78 is 4.55. The maximum absolute atomic E-state index is 12.0. The summed E-state index contributed by atoms with van der Waals surface area (Å²) in [5.41, 5.74) is 1.22. The number of hydrogen-bond acceptors (Lipinski definition) is 3. The molecular formula is C16H23NO3. The molecule has 0 radical (unpaired) electrons. The predicted molar refractivity (Wildman–Crippen MR) is 78.4 cm³/mol. The molecule has 20 heavy (non-hydrogen) atoms. The van der Waals surface area contributed by atoms with Gasteiger partial charge in [0.2, 0.25) is 5.91 Å². The molecule has 0 fully saturated rings. The van der Waals surface area contributed by atoms with Gasteiger partial charge in [0.1, 0.15) is 0 Å². The molecule has 1 aromatic carbocycles. The van der Waals surface area contributed by atoms with Crippen molar-refractivity contribution < 1.29 is 14.3 Å². The summed E-state index contributed by atoms with van der Waals surface area (Å²) in [5, 5.41) is 0. The largest absolute Gasteiger partial charge is 0.469 e. The van der Waals surface area contributed by atoms with Crippen molar-refractivity contribution >= 4 is 11.9 Å². The van der Waals surface area contributed by atoms with Crippen molar-refractivity contribution in [1.29, 1.82) is 0 Å². The van der Waals surface area contributed by atoms with Gasteiger partial charge >= 0.3 is 5.97 Å². The maximum atomic E-state index is 12.0. The van der Waals surface area contributed by atoms with E-state index in [1.807, 2.05) is 18.2 Å². The molecule has 1 unspecified atom stereocenters. The molecular weight excluding hydrogens is 254 g/mol. The fraction of sp³-hybridized carbons (Fsp3) is 0.500. The van der Waals surface area contributed by atoms with Crippen molar-refractivity contribution in [2.24, 2.45) is 0 Å². The van der Waals surface area contributed by atoms with Gasteiger partial charge in [0.25, 0.3) is 0 Å². The number of ether oxygens (including phenoxy) is 1. The lowest BCUT2D eigenvalue weighted by molar-refractivity contribution is -0.140. The third kappa shape index (κ3) is 5.43. The SMILES string of the molecule is COC(=O)CCCC(=O)N(C)CC(C)c1ccccc1. The summed E-state index contributed by atoms with van der Waals surface area (Å²) in [6.45, 7) is 2.79. The molecule has 0 aliphatic carbocycles. The maximum Gasteiger partial charge on any atom is 0.305 e. The molecule has 1 aromatic rings. The van der Waals surface area contributed by atoms with Gasteiger partial charge in [-0.25, -0.2) is 0 Å². The minimum Gasteiger partial charge on any atom is -0.469 e. The number of nitrogens with zero attached hydrogens (tertiary/aromatic N) is 1. The Labute approximate surface area is 120 Å². The molecule has 0 aliphatic rings. The summed E-state index contributed by atoms with van der Waals surface area (Å²) in [4.78, 5) is 24.7. The monoisotopic (exact) mass is 277 g/mol. The van der Waals surface area contributed by atoms with Crippen LogP contribution < -0.4 is 0 Å². The normalized spacial score (nSPS) is 11.8. The molecule has 1 atom stereocenters. The fourth-order valence-electron chi connectivity index (χ4n) is 2.08. The highest BCUT2D eigenvalue weighted by molar-refractivity contribution is 5.77. The number of carbonyl (C=O) groups excluding carboxylic acids is 2. The molecule has 0 aromatic heterocycles. The van der Waals surface area contributed by atoms with E-state index in [1.165, 1.54) is 12.7 Å². The molecule has 4 heteroatoms. The molecule has 0 N–H and O–H groups in total. The smallest absolute Gasteiger partial charge is 0.305 e. The van der Waals surface area contributed by atoms with Gasteiger partial charge in [0, 0.05) is 26.4 Å². The Kier molecular flexibility index (Phi) is 6.77. The number of amides is 1. The van der Waals surface area contributed by atoms with Crippen LogP contribution in [-0.4, -0.2) is 37.5 Å². The second kappa shape index (κ2) is 8.35. The predicted octanol–water partition coefficient (Wildman–Crippen LogP) is 2.59. The van der Waals surface area contributed by atoms with E-state index in [4.69, 9.17) is 0 Å². The van der Waals surface area contributed by atoms with Gasteiger partial charge in [-0.1, -0.05) is 37.3 Å². The van der Waals surface area contributed by atoms with Crippen LogP contribution in [0.1, 0.15) is 37.7 Å². The Morgan fingerprint density at radius 3 is 2.45 bits per heavy atom. The van der Waals surface area contributed by atoms with Crippen LogP contribution in [-0.2, 0) is 14.3 Å². The first-order valence-electron chi connectivity index (χ1n) is 6.90. The highest BCUT2D eigenvalue weighted by Crippen LogP contribution is 2.16. The van der Waals surface area contributed by atoms with Crippen LogP contribution in [0.25, 0.3) is 0 Å². The summed E-state index contributed by atoms with van der Waals surface area (Å²) >= 11 is 0. The van der Waals surface area contributed by atoms with Gasteiger partial charge in [-0.2, -0.15) is 0 Å². The summed E-state index contributed by atoms with van der Waals surface area (Å²) in [5.74, 6) is 0.0977. The fourth-order valence-corrected chi connectivity index (χ4v) is 2.08. The number of rotatable bonds is 7. The van der Waals surface area contributed by atoms with Crippen molar-refractivity contribution in [2.45, 2.75) is 32.1 Å². The van der Waals surface area contributed by atoms with Crippen LogP contribution in [0, 0.1) is 0 Å². The van der Waals surface area contributed by atoms with E-state index in [1.54, 1.807) is 11.9 Å².